The molecule has 4 rings (SSSR count). The zero-order valence-corrected chi connectivity index (χ0v) is 29.3. The van der Waals surface area contributed by atoms with Gasteiger partial charge in [-0.2, -0.15) is 0 Å². The van der Waals surface area contributed by atoms with Crippen molar-refractivity contribution in [2.24, 2.45) is 17.8 Å². The average Bonchev–Trinajstić information content (AvgIpc) is 3.78. The first-order valence-electron chi connectivity index (χ1n) is 16.5. The van der Waals surface area contributed by atoms with Crippen LogP contribution in [0.2, 0.25) is 5.82 Å². The number of aliphatic hydroxyl groups excluding tert-OH is 1. The number of aromatic nitrogens is 4. The summed E-state index contributed by atoms with van der Waals surface area (Å²) < 4.78 is 20.1. The minimum atomic E-state index is -1.41. The van der Waals surface area contributed by atoms with Crippen molar-refractivity contribution in [3.63, 3.8) is 0 Å². The van der Waals surface area contributed by atoms with Crippen LogP contribution >= 0.6 is 11.3 Å². The molecule has 0 aliphatic carbocycles. The third-order valence-corrected chi connectivity index (χ3v) is 10.9. The molecule has 0 bridgehead atoms. The van der Waals surface area contributed by atoms with Gasteiger partial charge in [-0.05, 0) is 64.7 Å². The van der Waals surface area contributed by atoms with Crippen molar-refractivity contribution in [1.82, 2.24) is 30.2 Å². The summed E-state index contributed by atoms with van der Waals surface area (Å²) >= 11 is 1.51. The molecule has 1 amide bonds. The molecule has 0 spiro atoms. The van der Waals surface area contributed by atoms with Crippen molar-refractivity contribution in [2.45, 2.75) is 122 Å². The second-order valence-electron chi connectivity index (χ2n) is 13.6. The number of unbranched alkanes of at least 4 members (excludes halogenated alkanes) is 1. The van der Waals surface area contributed by atoms with E-state index < -0.39 is 53.4 Å². The first kappa shape index (κ1) is 36.5. The molecule has 2 aromatic rings. The Labute approximate surface area is 278 Å². The maximum absolute atomic E-state index is 13.6. The van der Waals surface area contributed by atoms with Crippen LogP contribution in [0.3, 0.4) is 0 Å². The molecular weight excluding hydrogens is 607 g/mol. The van der Waals surface area contributed by atoms with Crippen LogP contribution in [0.15, 0.2) is 17.8 Å². The monoisotopic (exact) mass is 658 g/mol. The van der Waals surface area contributed by atoms with Crippen LogP contribution in [0, 0.1) is 17.8 Å². The van der Waals surface area contributed by atoms with Gasteiger partial charge in [0.25, 0.3) is 0 Å². The summed E-state index contributed by atoms with van der Waals surface area (Å²) in [5.74, 6) is -2.08. The smallest absolute Gasteiger partial charge is 0.410 e. The lowest BCUT2D eigenvalue weighted by atomic mass is 9.62. The second-order valence-corrected chi connectivity index (χ2v) is 14.4. The molecule has 2 aromatic heterocycles. The lowest BCUT2D eigenvalue weighted by molar-refractivity contribution is -0.210. The van der Waals surface area contributed by atoms with Crippen molar-refractivity contribution in [2.75, 3.05) is 20.2 Å². The van der Waals surface area contributed by atoms with Gasteiger partial charge >= 0.3 is 6.09 Å². The van der Waals surface area contributed by atoms with Crippen molar-refractivity contribution >= 4 is 31.1 Å². The number of aliphatic hydroxyl groups is 1. The molecule has 12 nitrogen and oxygen atoms in total. The number of carbonyl (C=O) groups excluding carboxylic acids is 2. The predicted octanol–water partition coefficient (Wildman–Crippen LogP) is 4.10. The lowest BCUT2D eigenvalue weighted by Crippen LogP contribution is -2.61. The summed E-state index contributed by atoms with van der Waals surface area (Å²) in [6.45, 7) is 15.1. The van der Waals surface area contributed by atoms with Gasteiger partial charge in [-0.1, -0.05) is 32.9 Å². The molecule has 2 fully saturated rings. The Morgan fingerprint density at radius 1 is 1.17 bits per heavy atom. The van der Waals surface area contributed by atoms with Crippen LogP contribution in [-0.2, 0) is 25.5 Å². The number of nitrogens with zero attached hydrogens (tertiary/aromatic N) is 5. The summed E-state index contributed by atoms with van der Waals surface area (Å²) in [4.78, 5) is 33.2. The molecule has 2 radical (unpaired) electrons. The molecule has 46 heavy (non-hydrogen) atoms. The molecule has 4 heterocycles. The summed E-state index contributed by atoms with van der Waals surface area (Å²) in [6, 6.07) is -0.589. The van der Waals surface area contributed by atoms with Crippen LogP contribution < -0.4 is 5.32 Å². The fourth-order valence-corrected chi connectivity index (χ4v) is 7.78. The summed E-state index contributed by atoms with van der Waals surface area (Å²) in [5.41, 5.74) is -1.12. The predicted molar refractivity (Wildman–Crippen MR) is 176 cm³/mol. The Morgan fingerprint density at radius 2 is 1.89 bits per heavy atom. The van der Waals surface area contributed by atoms with E-state index in [2.05, 4.69) is 34.5 Å². The number of fused-ring (bicyclic) bond motifs is 1. The van der Waals surface area contributed by atoms with Gasteiger partial charge in [0.1, 0.15) is 22.6 Å². The zero-order chi connectivity index (χ0) is 33.8. The van der Waals surface area contributed by atoms with E-state index in [1.807, 2.05) is 32.3 Å². The third-order valence-electron chi connectivity index (χ3n) is 10.1. The number of carbonyl (C=O) groups is 2. The van der Waals surface area contributed by atoms with Crippen LogP contribution in [-0.4, -0.2) is 106 Å². The van der Waals surface area contributed by atoms with E-state index in [0.29, 0.717) is 38.9 Å². The number of hydrogen-bond donors (Lipinski definition) is 2. The van der Waals surface area contributed by atoms with Crippen LogP contribution in [0.25, 0.3) is 10.7 Å². The number of ketones is 1. The van der Waals surface area contributed by atoms with E-state index in [-0.39, 0.29) is 17.7 Å². The van der Waals surface area contributed by atoms with Gasteiger partial charge in [0.15, 0.2) is 11.9 Å². The van der Waals surface area contributed by atoms with E-state index in [1.54, 1.807) is 36.7 Å². The van der Waals surface area contributed by atoms with E-state index in [4.69, 9.17) is 22.1 Å². The highest BCUT2D eigenvalue weighted by Gasteiger charge is 2.58. The van der Waals surface area contributed by atoms with Crippen molar-refractivity contribution in [1.29, 1.82) is 0 Å². The normalized spacial score (nSPS) is 36.6. The maximum Gasteiger partial charge on any atom is 0.410 e. The van der Waals surface area contributed by atoms with E-state index in [9.17, 15) is 14.7 Å². The SMILES string of the molecule is [B][C@@H]1[C@@H](C)C(=O)[C@@H](C)C(O)O[C@H](CC)[C@@]2(C)OC(=O)N(CCCCn3cc(-c4nccs4)nn3)[C@@H]2[C@@H](C)NC[C@H](C)C[C@@]1(C)OC. The van der Waals surface area contributed by atoms with Gasteiger partial charge in [-0.15, -0.1) is 16.4 Å². The molecule has 2 N–H and O–H groups in total. The Hall–Kier alpha value is -2.39. The molecule has 254 valence electrons. The highest BCUT2D eigenvalue weighted by atomic mass is 32.1. The molecule has 2 aliphatic rings. The number of nitrogens with one attached hydrogen (secondary N) is 1. The number of methoxy groups -OCH3 is 1. The van der Waals surface area contributed by atoms with Crippen LogP contribution in [0.1, 0.15) is 74.1 Å². The van der Waals surface area contributed by atoms with E-state index in [0.717, 1.165) is 17.1 Å². The Morgan fingerprint density at radius 3 is 2.54 bits per heavy atom. The molecule has 14 heteroatoms. The van der Waals surface area contributed by atoms with Gasteiger partial charge in [-0.25, -0.2) is 9.78 Å². The standard InChI is InChI=1S/C32H51BN6O6S/c1-9-24-32(7)27(39(30(42)45-32)14-11-10-13-38-18-23(36-37-38)28-34-12-15-46-28)22(5)35-17-19(2)16-31(6,43-8)26(33)20(3)25(40)21(4)29(41)44-24/h12,15,18-22,24,26-27,29,35,41H,9-11,13-14,16-17H2,1-8H3/t19-,20+,21-,22-,24-,26-,27-,29?,31-,32-/m1/s1. The average molecular weight is 659 g/mol. The molecular formula is C32H51BN6O6S. The highest BCUT2D eigenvalue weighted by molar-refractivity contribution is 7.13. The summed E-state index contributed by atoms with van der Waals surface area (Å²) in [7, 11) is 8.29. The van der Waals surface area contributed by atoms with Crippen LogP contribution in [0.4, 0.5) is 4.79 Å². The number of amides is 1. The molecule has 10 atom stereocenters. The fraction of sp³-hybridized carbons (Fsp3) is 0.781. The highest BCUT2D eigenvalue weighted by Crippen LogP contribution is 2.41. The van der Waals surface area contributed by atoms with E-state index in [1.165, 1.54) is 11.3 Å². The van der Waals surface area contributed by atoms with E-state index >= 15 is 0 Å². The third kappa shape index (κ3) is 7.67. The molecule has 1 unspecified atom stereocenters. The first-order chi connectivity index (χ1) is 21.8. The maximum atomic E-state index is 13.6. The molecule has 2 saturated heterocycles. The summed E-state index contributed by atoms with van der Waals surface area (Å²) in [5, 5.41) is 26.1. The summed E-state index contributed by atoms with van der Waals surface area (Å²) in [6.07, 6.45) is 3.68. The van der Waals surface area contributed by atoms with Crippen LogP contribution in [0.5, 0.6) is 0 Å². The minimum Gasteiger partial charge on any atom is -0.438 e. The van der Waals surface area contributed by atoms with Gasteiger partial charge in [0.2, 0.25) is 0 Å². The van der Waals surface area contributed by atoms with Gasteiger partial charge in [0, 0.05) is 43.7 Å². The Bertz CT molecular complexity index is 1300. The number of rotatable bonds is 8. The zero-order valence-electron chi connectivity index (χ0n) is 28.5. The number of ether oxygens (including phenoxy) is 3. The molecule has 0 saturated carbocycles. The fourth-order valence-electron chi connectivity index (χ4n) is 7.20. The number of hydrogen-bond acceptors (Lipinski definition) is 11. The minimum absolute atomic E-state index is 0.141. The van der Waals surface area contributed by atoms with Gasteiger partial charge < -0.3 is 24.6 Å². The van der Waals surface area contributed by atoms with Crippen molar-refractivity contribution < 1.29 is 28.9 Å². The molecule has 2 aliphatic heterocycles. The van der Waals surface area contributed by atoms with Crippen molar-refractivity contribution in [3.8, 4) is 10.7 Å². The lowest BCUT2D eigenvalue weighted by Gasteiger charge is -2.42. The Balaban J connectivity index is 1.55. The Kier molecular flexibility index (Phi) is 12.1. The second kappa shape index (κ2) is 15.2. The van der Waals surface area contributed by atoms with Crippen molar-refractivity contribution in [3.05, 3.63) is 17.8 Å². The quantitative estimate of drug-likeness (QED) is 0.315. The molecule has 0 aromatic carbocycles. The number of aryl methyl sites for hydroxylation is 1. The van der Waals surface area contributed by atoms with Gasteiger partial charge in [0.05, 0.1) is 31.6 Å². The topological polar surface area (TPSA) is 141 Å². The number of Topliss-reactive ketones (excluding diaryl/α,β-unsaturated/α-hetero) is 1. The largest absolute Gasteiger partial charge is 0.438 e. The first-order valence-corrected chi connectivity index (χ1v) is 17.3. The van der Waals surface area contributed by atoms with Gasteiger partial charge in [-0.3, -0.25) is 14.4 Å². The number of thiazole rings is 1.